The van der Waals surface area contributed by atoms with Crippen molar-refractivity contribution < 1.29 is 0 Å². The van der Waals surface area contributed by atoms with Crippen molar-refractivity contribution in [2.75, 3.05) is 0 Å². The predicted molar refractivity (Wildman–Crippen MR) is 219 cm³/mol. The smallest absolute Gasteiger partial charge is 0.161 e. The molecule has 244 valence electrons. The Labute approximate surface area is 303 Å². The molecule has 0 unspecified atom stereocenters. The van der Waals surface area contributed by atoms with Gasteiger partial charge in [-0.3, -0.25) is 0 Å². The van der Waals surface area contributed by atoms with Crippen molar-refractivity contribution in [1.82, 2.24) is 9.97 Å². The number of benzene rings is 6. The van der Waals surface area contributed by atoms with Gasteiger partial charge >= 0.3 is 0 Å². The van der Waals surface area contributed by atoms with Crippen LogP contribution in [0.15, 0.2) is 146 Å². The van der Waals surface area contributed by atoms with Crippen LogP contribution in [-0.4, -0.2) is 9.97 Å². The third-order valence-electron chi connectivity index (χ3n) is 10.4. The Morgan fingerprint density at radius 2 is 1.25 bits per heavy atom. The Morgan fingerprint density at radius 1 is 0.588 bits per heavy atom. The number of fused-ring (bicyclic) bond motifs is 5. The summed E-state index contributed by atoms with van der Waals surface area (Å²) in [5.41, 5.74) is 13.9. The average molecular weight is 673 g/mol. The largest absolute Gasteiger partial charge is 0.228 e. The third kappa shape index (κ3) is 4.99. The van der Waals surface area contributed by atoms with Crippen LogP contribution in [0.2, 0.25) is 0 Å². The van der Waals surface area contributed by atoms with Crippen molar-refractivity contribution in [3.05, 3.63) is 168 Å². The summed E-state index contributed by atoms with van der Waals surface area (Å²) in [4.78, 5) is 11.8. The summed E-state index contributed by atoms with van der Waals surface area (Å²) in [7, 11) is 0. The molecule has 2 nitrogen and oxygen atoms in total. The minimum Gasteiger partial charge on any atom is -0.228 e. The average Bonchev–Trinajstić information content (AvgIpc) is 3.65. The van der Waals surface area contributed by atoms with Crippen LogP contribution in [0.3, 0.4) is 0 Å². The molecule has 0 aliphatic heterocycles. The minimum atomic E-state index is -0.0621. The first-order valence-electron chi connectivity index (χ1n) is 17.5. The first-order valence-corrected chi connectivity index (χ1v) is 18.3. The molecule has 8 aromatic rings. The quantitative estimate of drug-likeness (QED) is 0.176. The van der Waals surface area contributed by atoms with Crippen molar-refractivity contribution in [2.24, 2.45) is 0 Å². The number of rotatable bonds is 6. The standard InChI is InChI=1S/C48H36N2S/c1-5-15-44-32(6-2)36-25-24-31(28-45(36)51-44)43-29-42(30-16-8-7-9-17-30)49-47(50-43)38-27-26-35(33-18-10-11-19-34(33)38)37-21-14-23-41-46(37)39-20-12-13-22-40(39)48(41,3)4/h5-29H,2H2,1,3-4H3/b15-5-. The fraction of sp³-hybridized carbons (Fsp3) is 0.0833. The van der Waals surface area contributed by atoms with Gasteiger partial charge in [0.2, 0.25) is 0 Å². The molecule has 0 saturated heterocycles. The van der Waals surface area contributed by atoms with E-state index in [-0.39, 0.29) is 5.41 Å². The number of hydrogen-bond donors (Lipinski definition) is 0. The topological polar surface area (TPSA) is 25.8 Å². The van der Waals surface area contributed by atoms with Crippen molar-refractivity contribution in [3.8, 4) is 56.2 Å². The molecule has 0 atom stereocenters. The second-order valence-electron chi connectivity index (χ2n) is 13.7. The van der Waals surface area contributed by atoms with E-state index < -0.39 is 0 Å². The summed E-state index contributed by atoms with van der Waals surface area (Å²) in [6, 6.07) is 48.1. The zero-order chi connectivity index (χ0) is 34.7. The highest BCUT2D eigenvalue weighted by molar-refractivity contribution is 7.20. The molecule has 0 radical (unpaired) electrons. The Bertz CT molecular complexity index is 2690. The van der Waals surface area contributed by atoms with E-state index in [4.69, 9.17) is 9.97 Å². The highest BCUT2D eigenvalue weighted by atomic mass is 32.1. The van der Waals surface area contributed by atoms with E-state index in [0.717, 1.165) is 33.5 Å². The molecule has 2 aromatic heterocycles. The van der Waals surface area contributed by atoms with Crippen LogP contribution in [0.5, 0.6) is 0 Å². The number of thiophene rings is 1. The third-order valence-corrected chi connectivity index (χ3v) is 11.6. The Morgan fingerprint density at radius 3 is 2.04 bits per heavy atom. The maximum absolute atomic E-state index is 5.31. The second-order valence-corrected chi connectivity index (χ2v) is 14.8. The van der Waals surface area contributed by atoms with Crippen LogP contribution in [0.4, 0.5) is 0 Å². The van der Waals surface area contributed by atoms with E-state index in [1.165, 1.54) is 59.3 Å². The molecule has 1 aliphatic rings. The normalized spacial score (nSPS) is 13.2. The molecule has 1 aliphatic carbocycles. The van der Waals surface area contributed by atoms with Gasteiger partial charge in [-0.25, -0.2) is 9.97 Å². The lowest BCUT2D eigenvalue weighted by atomic mass is 9.81. The molecule has 0 saturated carbocycles. The van der Waals surface area contributed by atoms with E-state index >= 15 is 0 Å². The lowest BCUT2D eigenvalue weighted by Gasteiger charge is -2.21. The van der Waals surface area contributed by atoms with E-state index in [2.05, 4.69) is 167 Å². The van der Waals surface area contributed by atoms with Gasteiger partial charge in [-0.2, -0.15) is 0 Å². The summed E-state index contributed by atoms with van der Waals surface area (Å²) in [5, 5.41) is 3.54. The maximum Gasteiger partial charge on any atom is 0.161 e. The Kier molecular flexibility index (Phi) is 7.41. The number of aromatic nitrogens is 2. The fourth-order valence-electron chi connectivity index (χ4n) is 7.96. The van der Waals surface area contributed by atoms with Gasteiger partial charge in [0.15, 0.2) is 5.82 Å². The van der Waals surface area contributed by atoms with Crippen LogP contribution in [0, 0.1) is 0 Å². The van der Waals surface area contributed by atoms with E-state index in [0.29, 0.717) is 5.82 Å². The number of hydrogen-bond acceptors (Lipinski definition) is 3. The van der Waals surface area contributed by atoms with Crippen molar-refractivity contribution in [2.45, 2.75) is 26.2 Å². The van der Waals surface area contributed by atoms with Gasteiger partial charge < -0.3 is 0 Å². The van der Waals surface area contributed by atoms with Gasteiger partial charge in [0.1, 0.15) is 0 Å². The van der Waals surface area contributed by atoms with E-state index in [1.807, 2.05) is 12.1 Å². The molecule has 0 spiro atoms. The van der Waals surface area contributed by atoms with E-state index in [1.54, 1.807) is 11.3 Å². The zero-order valence-corrected chi connectivity index (χ0v) is 29.8. The molecule has 2 heterocycles. The fourth-order valence-corrected chi connectivity index (χ4v) is 9.18. The summed E-state index contributed by atoms with van der Waals surface area (Å²) in [5.74, 6) is 0.714. The van der Waals surface area contributed by atoms with Crippen LogP contribution in [0.1, 0.15) is 42.3 Å². The summed E-state index contributed by atoms with van der Waals surface area (Å²) in [6.45, 7) is 10.8. The second kappa shape index (κ2) is 12.2. The van der Waals surface area contributed by atoms with Gasteiger partial charge in [-0.05, 0) is 80.9 Å². The van der Waals surface area contributed by atoms with Crippen molar-refractivity contribution >= 4 is 44.3 Å². The summed E-state index contributed by atoms with van der Waals surface area (Å²) >= 11 is 1.79. The monoisotopic (exact) mass is 672 g/mol. The molecule has 6 aromatic carbocycles. The SMILES string of the molecule is C=Cc1c(/C=C\C)sc2cc(-c3cc(-c4ccccc4)nc(-c4ccc(-c5cccc6c5-c5ccccc5C6(C)C)c5ccccc45)n3)ccc12. The Balaban J connectivity index is 1.25. The van der Waals surface area contributed by atoms with Crippen LogP contribution in [-0.2, 0) is 5.41 Å². The van der Waals surface area contributed by atoms with Crippen LogP contribution >= 0.6 is 11.3 Å². The highest BCUT2D eigenvalue weighted by Gasteiger charge is 2.36. The van der Waals surface area contributed by atoms with Crippen LogP contribution in [0.25, 0.3) is 89.2 Å². The van der Waals surface area contributed by atoms with Gasteiger partial charge in [0.05, 0.1) is 11.4 Å². The predicted octanol–water partition coefficient (Wildman–Crippen LogP) is 13.5. The maximum atomic E-state index is 5.31. The lowest BCUT2D eigenvalue weighted by molar-refractivity contribution is 0.660. The molecule has 0 fully saturated rings. The first-order chi connectivity index (χ1) is 25.0. The highest BCUT2D eigenvalue weighted by Crippen LogP contribution is 2.53. The van der Waals surface area contributed by atoms with Crippen molar-refractivity contribution in [1.29, 1.82) is 0 Å². The van der Waals surface area contributed by atoms with Gasteiger partial charge in [0.25, 0.3) is 0 Å². The molecule has 3 heteroatoms. The van der Waals surface area contributed by atoms with E-state index in [9.17, 15) is 0 Å². The zero-order valence-electron chi connectivity index (χ0n) is 28.9. The molecule has 51 heavy (non-hydrogen) atoms. The molecular formula is C48H36N2S. The van der Waals surface area contributed by atoms with Gasteiger partial charge in [0, 0.05) is 37.1 Å². The molecule has 0 N–H and O–H groups in total. The summed E-state index contributed by atoms with van der Waals surface area (Å²) in [6.07, 6.45) is 6.21. The Hall–Kier alpha value is -5.90. The molecular weight excluding hydrogens is 637 g/mol. The number of nitrogens with zero attached hydrogens (tertiary/aromatic N) is 2. The molecule has 0 amide bonds. The van der Waals surface area contributed by atoms with Crippen LogP contribution < -0.4 is 0 Å². The summed E-state index contributed by atoms with van der Waals surface area (Å²) < 4.78 is 1.21. The number of allylic oxidation sites excluding steroid dienone is 1. The lowest BCUT2D eigenvalue weighted by Crippen LogP contribution is -2.14. The molecule has 9 rings (SSSR count). The molecule has 0 bridgehead atoms. The minimum absolute atomic E-state index is 0.0621. The van der Waals surface area contributed by atoms with Gasteiger partial charge in [-0.1, -0.05) is 148 Å². The van der Waals surface area contributed by atoms with Crippen molar-refractivity contribution in [3.63, 3.8) is 0 Å². The first kappa shape index (κ1) is 31.1. The van der Waals surface area contributed by atoms with Gasteiger partial charge in [-0.15, -0.1) is 11.3 Å².